The van der Waals surface area contributed by atoms with E-state index in [4.69, 9.17) is 4.74 Å². The summed E-state index contributed by atoms with van der Waals surface area (Å²) in [6, 6.07) is 17.2. The van der Waals surface area contributed by atoms with Crippen LogP contribution in [-0.4, -0.2) is 48.1 Å². The van der Waals surface area contributed by atoms with Crippen molar-refractivity contribution in [3.8, 4) is 11.5 Å². The van der Waals surface area contributed by atoms with Crippen molar-refractivity contribution >= 4 is 51.3 Å². The van der Waals surface area contributed by atoms with Crippen LogP contribution in [-0.2, 0) is 15.3 Å². The number of anilines is 1. The molecule has 1 saturated heterocycles. The molecule has 1 amide bonds. The number of aromatic hydroxyl groups is 1. The van der Waals surface area contributed by atoms with Crippen molar-refractivity contribution in [3.63, 3.8) is 0 Å². The maximum absolute atomic E-state index is 13.7. The SMILES string of the molecule is CCOc1cc(C2C(=C(O)c3nc4c(C)cccn4c3C)C(=O)C(=O)N2c2nnc(SCc3ccccc3)s2)ccc1O. The van der Waals surface area contributed by atoms with Gasteiger partial charge in [0.1, 0.15) is 11.3 Å². The van der Waals surface area contributed by atoms with Gasteiger partial charge in [-0.25, -0.2) is 4.98 Å². The quantitative estimate of drug-likeness (QED) is 0.0730. The average Bonchev–Trinajstić information content (AvgIpc) is 3.69. The normalized spacial score (nSPS) is 16.3. The van der Waals surface area contributed by atoms with Gasteiger partial charge in [0.25, 0.3) is 5.78 Å². The molecule has 1 aliphatic rings. The van der Waals surface area contributed by atoms with Crippen molar-refractivity contribution in [2.24, 2.45) is 0 Å². The molecule has 5 aromatic rings. The second-order valence-electron chi connectivity index (χ2n) is 9.88. The number of hydrogen-bond acceptors (Lipinski definition) is 10. The minimum absolute atomic E-state index is 0.0928. The van der Waals surface area contributed by atoms with Crippen LogP contribution < -0.4 is 9.64 Å². The highest BCUT2D eigenvalue weighted by Gasteiger charge is 2.49. The van der Waals surface area contributed by atoms with Crippen LogP contribution in [0.3, 0.4) is 0 Å². The molecular formula is C31H27N5O5S2. The van der Waals surface area contributed by atoms with Crippen molar-refractivity contribution in [3.05, 3.63) is 101 Å². The Labute approximate surface area is 255 Å². The first-order chi connectivity index (χ1) is 20.8. The zero-order valence-electron chi connectivity index (χ0n) is 23.5. The number of phenols is 1. The zero-order valence-corrected chi connectivity index (χ0v) is 25.1. The summed E-state index contributed by atoms with van der Waals surface area (Å²) in [6.45, 7) is 5.75. The summed E-state index contributed by atoms with van der Waals surface area (Å²) >= 11 is 2.65. The average molecular weight is 614 g/mol. The van der Waals surface area contributed by atoms with Gasteiger partial charge >= 0.3 is 5.91 Å². The Morgan fingerprint density at radius 1 is 1.07 bits per heavy atom. The van der Waals surface area contributed by atoms with Gasteiger partial charge in [0.15, 0.2) is 21.6 Å². The van der Waals surface area contributed by atoms with Gasteiger partial charge in [-0.15, -0.1) is 10.2 Å². The molecule has 12 heteroatoms. The molecule has 0 radical (unpaired) electrons. The number of aromatic nitrogens is 4. The highest BCUT2D eigenvalue weighted by atomic mass is 32.2. The third kappa shape index (κ3) is 5.12. The zero-order chi connectivity index (χ0) is 30.2. The number of pyridine rings is 1. The summed E-state index contributed by atoms with van der Waals surface area (Å²) < 4.78 is 8.04. The minimum Gasteiger partial charge on any atom is -0.505 e. The number of ether oxygens (including phenoxy) is 1. The molecule has 1 fully saturated rings. The molecule has 0 aliphatic carbocycles. The number of aliphatic hydroxyl groups is 1. The van der Waals surface area contributed by atoms with Crippen LogP contribution in [0.5, 0.6) is 11.5 Å². The Balaban J connectivity index is 1.48. The van der Waals surface area contributed by atoms with Crippen LogP contribution in [0.4, 0.5) is 5.13 Å². The number of Topliss-reactive ketones (excluding diaryl/α,β-unsaturated/α-hetero) is 1. The largest absolute Gasteiger partial charge is 0.505 e. The van der Waals surface area contributed by atoms with E-state index < -0.39 is 23.5 Å². The van der Waals surface area contributed by atoms with Crippen LogP contribution >= 0.6 is 23.1 Å². The minimum atomic E-state index is -1.08. The number of benzene rings is 2. The number of hydrogen-bond donors (Lipinski definition) is 2. The van der Waals surface area contributed by atoms with Gasteiger partial charge in [0, 0.05) is 11.9 Å². The molecule has 6 rings (SSSR count). The predicted molar refractivity (Wildman–Crippen MR) is 165 cm³/mol. The number of rotatable bonds is 8. The molecule has 4 heterocycles. The monoisotopic (exact) mass is 613 g/mol. The van der Waals surface area contributed by atoms with Gasteiger partial charge < -0.3 is 19.4 Å². The highest BCUT2D eigenvalue weighted by Crippen LogP contribution is 2.45. The maximum Gasteiger partial charge on any atom is 0.301 e. The Kier molecular flexibility index (Phi) is 7.63. The van der Waals surface area contributed by atoms with E-state index in [-0.39, 0.29) is 34.5 Å². The van der Waals surface area contributed by atoms with Crippen LogP contribution in [0, 0.1) is 13.8 Å². The number of thioether (sulfide) groups is 1. The number of carbonyl (C=O) groups excluding carboxylic acids is 2. The molecule has 10 nitrogen and oxygen atoms in total. The van der Waals surface area contributed by atoms with Gasteiger partial charge in [0.2, 0.25) is 5.13 Å². The van der Waals surface area contributed by atoms with Crippen molar-refractivity contribution in [2.75, 3.05) is 11.5 Å². The number of imidazole rings is 1. The molecule has 3 aromatic heterocycles. The van der Waals surface area contributed by atoms with E-state index in [0.29, 0.717) is 27.0 Å². The van der Waals surface area contributed by atoms with E-state index in [1.165, 1.54) is 34.1 Å². The smallest absolute Gasteiger partial charge is 0.301 e. The van der Waals surface area contributed by atoms with Crippen LogP contribution in [0.25, 0.3) is 11.4 Å². The number of aliphatic hydroxyl groups excluding tert-OH is 1. The molecule has 43 heavy (non-hydrogen) atoms. The van der Waals surface area contributed by atoms with Crippen molar-refractivity contribution in [1.82, 2.24) is 19.6 Å². The predicted octanol–water partition coefficient (Wildman–Crippen LogP) is 5.83. The second kappa shape index (κ2) is 11.5. The Bertz CT molecular complexity index is 1900. The van der Waals surface area contributed by atoms with E-state index in [1.807, 2.05) is 60.0 Å². The number of ketones is 1. The summed E-state index contributed by atoms with van der Waals surface area (Å²) in [5.41, 5.74) is 3.71. The van der Waals surface area contributed by atoms with Crippen LogP contribution in [0.2, 0.25) is 0 Å². The molecule has 1 aliphatic heterocycles. The van der Waals surface area contributed by atoms with E-state index in [1.54, 1.807) is 26.0 Å². The number of nitrogens with zero attached hydrogens (tertiary/aromatic N) is 5. The van der Waals surface area contributed by atoms with E-state index >= 15 is 0 Å². The molecule has 0 bridgehead atoms. The Hall–Kier alpha value is -4.68. The topological polar surface area (TPSA) is 130 Å². The first-order valence-electron chi connectivity index (χ1n) is 13.5. The Morgan fingerprint density at radius 2 is 1.86 bits per heavy atom. The molecule has 2 N–H and O–H groups in total. The number of phenolic OH excluding ortho intramolecular Hbond substituents is 1. The van der Waals surface area contributed by atoms with Crippen LogP contribution in [0.15, 0.2) is 76.8 Å². The summed E-state index contributed by atoms with van der Waals surface area (Å²) in [5.74, 6) is -1.40. The molecule has 1 atom stereocenters. The number of amides is 1. The summed E-state index contributed by atoms with van der Waals surface area (Å²) in [6.07, 6.45) is 1.82. The van der Waals surface area contributed by atoms with E-state index in [0.717, 1.165) is 11.1 Å². The lowest BCUT2D eigenvalue weighted by atomic mass is 9.96. The standard InChI is InChI=1S/C31H27N5O5S2/c1-4-41-22-15-20(12-13-21(22)37)25-23(26(38)24-18(3)35-14-8-9-17(2)28(35)32-24)27(39)29(40)36(25)30-33-34-31(43-30)42-16-19-10-6-5-7-11-19/h5-15,25,37-38H,4,16H2,1-3H3. The lowest BCUT2D eigenvalue weighted by Gasteiger charge is -2.23. The number of aryl methyl sites for hydroxylation is 2. The molecule has 1 unspecified atom stereocenters. The van der Waals surface area contributed by atoms with Gasteiger partial charge in [0.05, 0.1) is 23.9 Å². The first kappa shape index (κ1) is 28.4. The first-order valence-corrected chi connectivity index (χ1v) is 15.3. The van der Waals surface area contributed by atoms with E-state index in [2.05, 4.69) is 15.2 Å². The fourth-order valence-corrected chi connectivity index (χ4v) is 6.89. The fraction of sp³-hybridized carbons (Fsp3) is 0.194. The second-order valence-corrected chi connectivity index (χ2v) is 12.1. The van der Waals surface area contributed by atoms with Crippen molar-refractivity contribution in [1.29, 1.82) is 0 Å². The lowest BCUT2D eigenvalue weighted by molar-refractivity contribution is -0.132. The number of fused-ring (bicyclic) bond motifs is 1. The maximum atomic E-state index is 13.7. The summed E-state index contributed by atoms with van der Waals surface area (Å²) in [4.78, 5) is 33.3. The van der Waals surface area contributed by atoms with E-state index in [9.17, 15) is 19.8 Å². The highest BCUT2D eigenvalue weighted by molar-refractivity contribution is 8.00. The third-order valence-corrected chi connectivity index (χ3v) is 9.29. The number of carbonyl (C=O) groups is 2. The van der Waals surface area contributed by atoms with Gasteiger partial charge in [-0.05, 0) is 55.7 Å². The molecular weight excluding hydrogens is 587 g/mol. The molecule has 0 spiro atoms. The lowest BCUT2D eigenvalue weighted by Crippen LogP contribution is -2.29. The summed E-state index contributed by atoms with van der Waals surface area (Å²) in [7, 11) is 0. The van der Waals surface area contributed by atoms with Gasteiger partial charge in [-0.2, -0.15) is 0 Å². The third-order valence-electron chi connectivity index (χ3n) is 7.16. The Morgan fingerprint density at radius 3 is 2.60 bits per heavy atom. The van der Waals surface area contributed by atoms with Crippen molar-refractivity contribution in [2.45, 2.75) is 36.9 Å². The summed E-state index contributed by atoms with van der Waals surface area (Å²) in [5, 5.41) is 30.8. The van der Waals surface area contributed by atoms with Gasteiger partial charge in [-0.3, -0.25) is 14.5 Å². The van der Waals surface area contributed by atoms with Crippen LogP contribution in [0.1, 0.15) is 41.0 Å². The van der Waals surface area contributed by atoms with Crippen molar-refractivity contribution < 1.29 is 24.5 Å². The molecule has 0 saturated carbocycles. The fourth-order valence-electron chi connectivity index (χ4n) is 5.07. The van der Waals surface area contributed by atoms with Gasteiger partial charge in [-0.1, -0.05) is 65.6 Å². The molecule has 218 valence electrons. The molecule has 2 aromatic carbocycles.